The van der Waals surface area contributed by atoms with Gasteiger partial charge in [-0.2, -0.15) is 0 Å². The number of nitro groups is 1. The third kappa shape index (κ3) is 4.54. The predicted molar refractivity (Wildman–Crippen MR) is 92.3 cm³/mol. The molecule has 2 rings (SSSR count). The minimum atomic E-state index is -0.529. The second-order valence-corrected chi connectivity index (χ2v) is 6.04. The van der Waals surface area contributed by atoms with E-state index in [-0.39, 0.29) is 16.8 Å². The van der Waals surface area contributed by atoms with E-state index < -0.39 is 4.92 Å². The monoisotopic (exact) mass is 354 g/mol. The Morgan fingerprint density at radius 3 is 2.48 bits per heavy atom. The number of hydrogen-bond donors (Lipinski definition) is 1. The van der Waals surface area contributed by atoms with E-state index in [0.29, 0.717) is 17.4 Å². The maximum Gasteiger partial charge on any atom is 0.289 e. The van der Waals surface area contributed by atoms with Crippen LogP contribution in [0.2, 0.25) is 10.0 Å². The zero-order valence-electron chi connectivity index (χ0n) is 12.7. The van der Waals surface area contributed by atoms with E-state index in [0.717, 1.165) is 5.56 Å². The number of pyridine rings is 1. The van der Waals surface area contributed by atoms with Gasteiger partial charge in [0.25, 0.3) is 5.69 Å². The van der Waals surface area contributed by atoms with Gasteiger partial charge >= 0.3 is 0 Å². The van der Waals surface area contributed by atoms with Crippen molar-refractivity contribution in [3.05, 3.63) is 62.3 Å². The van der Waals surface area contributed by atoms with Crippen LogP contribution in [0.25, 0.3) is 0 Å². The summed E-state index contributed by atoms with van der Waals surface area (Å²) >= 11 is 12.0. The van der Waals surface area contributed by atoms with Crippen molar-refractivity contribution in [2.45, 2.75) is 6.04 Å². The van der Waals surface area contributed by atoms with Crippen LogP contribution in [0.5, 0.6) is 0 Å². The Morgan fingerprint density at radius 2 is 1.96 bits per heavy atom. The standard InChI is InChI=1S/C15H16Cl2N4O2/c1-20(2)14(10-3-5-11(16)6-4-10)9-19-15-13(17)7-12(8-18-15)21(22)23/h3-8,14H,9H2,1-2H3,(H,18,19). The van der Waals surface area contributed by atoms with Crippen molar-refractivity contribution in [2.24, 2.45) is 0 Å². The number of likely N-dealkylation sites (N-methyl/N-ethyl adjacent to an activating group) is 1. The minimum absolute atomic E-state index is 0.0697. The molecule has 0 bridgehead atoms. The lowest BCUT2D eigenvalue weighted by molar-refractivity contribution is -0.385. The lowest BCUT2D eigenvalue weighted by atomic mass is 10.1. The number of anilines is 1. The van der Waals surface area contributed by atoms with Crippen LogP contribution >= 0.6 is 23.2 Å². The van der Waals surface area contributed by atoms with E-state index in [2.05, 4.69) is 15.2 Å². The van der Waals surface area contributed by atoms with Gasteiger partial charge in [-0.25, -0.2) is 4.98 Å². The normalized spacial score (nSPS) is 12.2. The molecule has 122 valence electrons. The van der Waals surface area contributed by atoms with Crippen molar-refractivity contribution in [1.29, 1.82) is 0 Å². The van der Waals surface area contributed by atoms with Crippen LogP contribution in [0.4, 0.5) is 11.5 Å². The molecular weight excluding hydrogens is 339 g/mol. The molecule has 1 aromatic heterocycles. The fourth-order valence-corrected chi connectivity index (χ4v) is 2.49. The smallest absolute Gasteiger partial charge is 0.289 e. The van der Waals surface area contributed by atoms with Crippen LogP contribution in [-0.4, -0.2) is 35.4 Å². The van der Waals surface area contributed by atoms with E-state index >= 15 is 0 Å². The molecule has 1 heterocycles. The average molecular weight is 355 g/mol. The van der Waals surface area contributed by atoms with E-state index in [1.165, 1.54) is 12.3 Å². The summed E-state index contributed by atoms with van der Waals surface area (Å²) in [7, 11) is 3.93. The molecule has 0 spiro atoms. The highest BCUT2D eigenvalue weighted by Crippen LogP contribution is 2.26. The Labute approximate surface area is 144 Å². The highest BCUT2D eigenvalue weighted by atomic mass is 35.5. The fourth-order valence-electron chi connectivity index (χ4n) is 2.13. The molecule has 23 heavy (non-hydrogen) atoms. The van der Waals surface area contributed by atoms with Gasteiger partial charge in [0.15, 0.2) is 0 Å². The van der Waals surface area contributed by atoms with Crippen LogP contribution < -0.4 is 5.32 Å². The zero-order chi connectivity index (χ0) is 17.0. The van der Waals surface area contributed by atoms with Crippen molar-refractivity contribution in [1.82, 2.24) is 9.88 Å². The largest absolute Gasteiger partial charge is 0.367 e. The number of halogens is 2. The molecular formula is C15H16Cl2N4O2. The van der Waals surface area contributed by atoms with Crippen LogP contribution in [-0.2, 0) is 0 Å². The molecule has 0 aliphatic heterocycles. The molecule has 0 amide bonds. The number of rotatable bonds is 6. The quantitative estimate of drug-likeness (QED) is 0.626. The molecule has 1 atom stereocenters. The predicted octanol–water partition coefficient (Wildman–Crippen LogP) is 4.01. The van der Waals surface area contributed by atoms with Crippen molar-refractivity contribution in [3.63, 3.8) is 0 Å². The van der Waals surface area contributed by atoms with Crippen molar-refractivity contribution in [3.8, 4) is 0 Å². The van der Waals surface area contributed by atoms with Crippen molar-refractivity contribution < 1.29 is 4.92 Å². The third-order valence-electron chi connectivity index (χ3n) is 3.38. The van der Waals surface area contributed by atoms with Gasteiger partial charge in [0.05, 0.1) is 16.0 Å². The second kappa shape index (κ2) is 7.59. The van der Waals surface area contributed by atoms with Crippen molar-refractivity contribution >= 4 is 34.7 Å². The summed E-state index contributed by atoms with van der Waals surface area (Å²) in [6.45, 7) is 0.541. The molecule has 1 N–H and O–H groups in total. The molecule has 0 radical (unpaired) electrons. The second-order valence-electron chi connectivity index (χ2n) is 5.19. The lowest BCUT2D eigenvalue weighted by Crippen LogP contribution is -2.27. The number of nitrogens with zero attached hydrogens (tertiary/aromatic N) is 3. The summed E-state index contributed by atoms with van der Waals surface area (Å²) in [4.78, 5) is 16.2. The van der Waals surface area contributed by atoms with Gasteiger partial charge in [0, 0.05) is 17.6 Å². The van der Waals surface area contributed by atoms with E-state index in [9.17, 15) is 10.1 Å². The Bertz CT molecular complexity index is 692. The molecule has 6 nitrogen and oxygen atoms in total. The molecule has 0 saturated carbocycles. The summed E-state index contributed by atoms with van der Waals surface area (Å²) in [5.41, 5.74) is 0.951. The van der Waals surface area contributed by atoms with E-state index in [4.69, 9.17) is 23.2 Å². The summed E-state index contributed by atoms with van der Waals surface area (Å²) in [6.07, 6.45) is 1.18. The topological polar surface area (TPSA) is 71.3 Å². The molecule has 2 aromatic rings. The van der Waals surface area contributed by atoms with Gasteiger partial charge in [-0.05, 0) is 31.8 Å². The van der Waals surface area contributed by atoms with Gasteiger partial charge in [-0.3, -0.25) is 10.1 Å². The van der Waals surface area contributed by atoms with Crippen LogP contribution in [0.15, 0.2) is 36.5 Å². The summed E-state index contributed by atoms with van der Waals surface area (Å²) in [5, 5.41) is 14.7. The van der Waals surface area contributed by atoms with E-state index in [1.807, 2.05) is 38.4 Å². The average Bonchev–Trinajstić information content (AvgIpc) is 2.50. The van der Waals surface area contributed by atoms with Crippen LogP contribution in [0.3, 0.4) is 0 Å². The Kier molecular flexibility index (Phi) is 5.76. The molecule has 0 saturated heterocycles. The van der Waals surface area contributed by atoms with Crippen LogP contribution in [0, 0.1) is 10.1 Å². The first-order valence-electron chi connectivity index (χ1n) is 6.84. The minimum Gasteiger partial charge on any atom is -0.367 e. The maximum absolute atomic E-state index is 10.7. The van der Waals surface area contributed by atoms with E-state index in [1.54, 1.807) is 0 Å². The summed E-state index contributed by atoms with van der Waals surface area (Å²) in [6, 6.07) is 8.94. The summed E-state index contributed by atoms with van der Waals surface area (Å²) < 4.78 is 0. The third-order valence-corrected chi connectivity index (χ3v) is 3.92. The maximum atomic E-state index is 10.7. The molecule has 1 aromatic carbocycles. The first-order chi connectivity index (χ1) is 10.9. The van der Waals surface area contributed by atoms with Crippen LogP contribution in [0.1, 0.15) is 11.6 Å². The summed E-state index contributed by atoms with van der Waals surface area (Å²) in [5.74, 6) is 0.415. The van der Waals surface area contributed by atoms with Gasteiger partial charge in [0.2, 0.25) is 0 Å². The zero-order valence-corrected chi connectivity index (χ0v) is 14.2. The van der Waals surface area contributed by atoms with Gasteiger partial charge in [0.1, 0.15) is 12.0 Å². The molecule has 0 aliphatic rings. The number of benzene rings is 1. The van der Waals surface area contributed by atoms with Crippen molar-refractivity contribution in [2.75, 3.05) is 26.0 Å². The first-order valence-corrected chi connectivity index (χ1v) is 7.59. The van der Waals surface area contributed by atoms with Gasteiger partial charge in [-0.15, -0.1) is 0 Å². The number of aromatic nitrogens is 1. The highest BCUT2D eigenvalue weighted by Gasteiger charge is 2.16. The van der Waals surface area contributed by atoms with Gasteiger partial charge < -0.3 is 10.2 Å². The first kappa shape index (κ1) is 17.5. The Balaban J connectivity index is 2.13. The highest BCUT2D eigenvalue weighted by molar-refractivity contribution is 6.33. The molecule has 0 aliphatic carbocycles. The molecule has 8 heteroatoms. The lowest BCUT2D eigenvalue weighted by Gasteiger charge is -2.25. The van der Waals surface area contributed by atoms with Gasteiger partial charge in [-0.1, -0.05) is 35.3 Å². The number of hydrogen-bond acceptors (Lipinski definition) is 5. The Morgan fingerprint density at radius 1 is 1.30 bits per heavy atom. The SMILES string of the molecule is CN(C)C(CNc1ncc([N+](=O)[O-])cc1Cl)c1ccc(Cl)cc1. The Hall–Kier alpha value is -1.89. The fraction of sp³-hybridized carbons (Fsp3) is 0.267. The number of nitrogens with one attached hydrogen (secondary N) is 1. The molecule has 0 fully saturated rings. The molecule has 1 unspecified atom stereocenters.